The minimum Gasteiger partial charge on any atom is -0.489 e. The van der Waals surface area contributed by atoms with E-state index in [2.05, 4.69) is 15.9 Å². The number of hydrogen-bond donors (Lipinski definition) is 0. The van der Waals surface area contributed by atoms with Crippen molar-refractivity contribution >= 4 is 27.7 Å². The van der Waals surface area contributed by atoms with Crippen molar-refractivity contribution < 1.29 is 9.15 Å². The average Bonchev–Trinajstić information content (AvgIpc) is 2.37. The fourth-order valence-electron chi connectivity index (χ4n) is 1.58. The molecule has 0 bridgehead atoms. The Labute approximate surface area is 117 Å². The van der Waals surface area contributed by atoms with Gasteiger partial charge < -0.3 is 9.15 Å². The van der Waals surface area contributed by atoms with Gasteiger partial charge in [-0.2, -0.15) is 0 Å². The summed E-state index contributed by atoms with van der Waals surface area (Å²) in [6.07, 6.45) is 1.89. The molecular weight excluding hydrogens is 316 g/mol. The van der Waals surface area contributed by atoms with Crippen molar-refractivity contribution in [3.8, 4) is 17.1 Å². The van der Waals surface area contributed by atoms with Gasteiger partial charge in [-0.25, -0.2) is 4.79 Å². The standard InChI is InChI=1S/C13H11BrO3S/c1-16-12-11(18-2)7-10(17-13(12)15)8-4-3-5-9(14)6-8/h3-7H,1-2H3. The molecule has 0 radical (unpaired) electrons. The Bertz CT molecular complexity index is 622. The molecule has 0 aliphatic carbocycles. The normalized spacial score (nSPS) is 10.4. The maximum Gasteiger partial charge on any atom is 0.380 e. The van der Waals surface area contributed by atoms with Crippen LogP contribution in [0.4, 0.5) is 0 Å². The topological polar surface area (TPSA) is 39.4 Å². The third-order valence-electron chi connectivity index (χ3n) is 2.41. The highest BCUT2D eigenvalue weighted by atomic mass is 79.9. The van der Waals surface area contributed by atoms with Gasteiger partial charge in [0.2, 0.25) is 5.75 Å². The Morgan fingerprint density at radius 3 is 2.72 bits per heavy atom. The number of rotatable bonds is 3. The highest BCUT2D eigenvalue weighted by molar-refractivity contribution is 9.10. The molecule has 0 amide bonds. The molecule has 0 fully saturated rings. The van der Waals surface area contributed by atoms with Gasteiger partial charge in [-0.15, -0.1) is 11.8 Å². The van der Waals surface area contributed by atoms with Crippen molar-refractivity contribution in [2.75, 3.05) is 13.4 Å². The summed E-state index contributed by atoms with van der Waals surface area (Å²) < 4.78 is 11.2. The second-order valence-corrected chi connectivity index (χ2v) is 5.27. The molecule has 1 heterocycles. The highest BCUT2D eigenvalue weighted by Crippen LogP contribution is 2.30. The lowest BCUT2D eigenvalue weighted by atomic mass is 10.1. The quantitative estimate of drug-likeness (QED) is 0.804. The Hall–Kier alpha value is -1.20. The molecule has 2 aromatic rings. The molecule has 0 saturated heterocycles. The van der Waals surface area contributed by atoms with E-state index in [1.54, 1.807) is 0 Å². The van der Waals surface area contributed by atoms with Crippen LogP contribution in [0.15, 0.2) is 48.9 Å². The molecule has 1 aromatic heterocycles. The summed E-state index contributed by atoms with van der Waals surface area (Å²) in [7, 11) is 1.46. The van der Waals surface area contributed by atoms with Crippen LogP contribution in [0.1, 0.15) is 0 Å². The number of benzene rings is 1. The molecule has 0 aliphatic heterocycles. The van der Waals surface area contributed by atoms with E-state index in [-0.39, 0.29) is 5.75 Å². The smallest absolute Gasteiger partial charge is 0.380 e. The van der Waals surface area contributed by atoms with Crippen LogP contribution in [0.5, 0.6) is 5.75 Å². The monoisotopic (exact) mass is 326 g/mol. The van der Waals surface area contributed by atoms with Crippen molar-refractivity contribution in [3.05, 3.63) is 45.2 Å². The molecule has 5 heteroatoms. The number of hydrogen-bond acceptors (Lipinski definition) is 4. The minimum absolute atomic E-state index is 0.251. The van der Waals surface area contributed by atoms with Crippen LogP contribution >= 0.6 is 27.7 Å². The fraction of sp³-hybridized carbons (Fsp3) is 0.154. The predicted octanol–water partition coefficient (Wildman–Crippen LogP) is 3.80. The second kappa shape index (κ2) is 5.63. The van der Waals surface area contributed by atoms with Crippen LogP contribution in [-0.2, 0) is 0 Å². The summed E-state index contributed by atoms with van der Waals surface area (Å²) in [5.74, 6) is 0.785. The van der Waals surface area contributed by atoms with Gasteiger partial charge in [0.15, 0.2) is 0 Å². The van der Waals surface area contributed by atoms with E-state index >= 15 is 0 Å². The summed E-state index contributed by atoms with van der Waals surface area (Å²) in [4.78, 5) is 12.6. The maximum absolute atomic E-state index is 11.8. The number of thioether (sulfide) groups is 1. The van der Waals surface area contributed by atoms with Crippen molar-refractivity contribution in [1.82, 2.24) is 0 Å². The number of ether oxygens (including phenoxy) is 1. The van der Waals surface area contributed by atoms with Gasteiger partial charge in [0.1, 0.15) is 5.76 Å². The lowest BCUT2D eigenvalue weighted by Crippen LogP contribution is -2.05. The van der Waals surface area contributed by atoms with Gasteiger partial charge in [0.05, 0.1) is 12.0 Å². The maximum atomic E-state index is 11.8. The van der Waals surface area contributed by atoms with Gasteiger partial charge in [0.25, 0.3) is 0 Å². The van der Waals surface area contributed by atoms with E-state index in [0.717, 1.165) is 14.9 Å². The largest absolute Gasteiger partial charge is 0.489 e. The Morgan fingerprint density at radius 1 is 1.33 bits per heavy atom. The van der Waals surface area contributed by atoms with E-state index in [9.17, 15) is 4.79 Å². The summed E-state index contributed by atoms with van der Waals surface area (Å²) in [5, 5.41) is 0. The minimum atomic E-state index is -0.459. The van der Waals surface area contributed by atoms with Crippen LogP contribution < -0.4 is 10.4 Å². The molecule has 0 saturated carbocycles. The predicted molar refractivity (Wildman–Crippen MR) is 76.4 cm³/mol. The van der Waals surface area contributed by atoms with Crippen molar-refractivity contribution in [1.29, 1.82) is 0 Å². The first-order valence-electron chi connectivity index (χ1n) is 5.17. The zero-order valence-electron chi connectivity index (χ0n) is 9.90. The lowest BCUT2D eigenvalue weighted by molar-refractivity contribution is 0.368. The van der Waals surface area contributed by atoms with Gasteiger partial charge in [-0.1, -0.05) is 28.1 Å². The molecular formula is C13H11BrO3S. The highest BCUT2D eigenvalue weighted by Gasteiger charge is 2.12. The Kier molecular flexibility index (Phi) is 4.14. The molecule has 1 aromatic carbocycles. The molecule has 0 aliphatic rings. The number of halogens is 1. The third kappa shape index (κ3) is 2.62. The van der Waals surface area contributed by atoms with Gasteiger partial charge in [0, 0.05) is 10.0 Å². The Morgan fingerprint density at radius 2 is 2.11 bits per heavy atom. The Balaban J connectivity index is 2.60. The third-order valence-corrected chi connectivity index (χ3v) is 3.64. The summed E-state index contributed by atoms with van der Waals surface area (Å²) in [6, 6.07) is 9.41. The number of methoxy groups -OCH3 is 1. The molecule has 0 atom stereocenters. The first-order chi connectivity index (χ1) is 8.65. The van der Waals surface area contributed by atoms with Crippen LogP contribution in [-0.4, -0.2) is 13.4 Å². The van der Waals surface area contributed by atoms with Crippen LogP contribution in [0.2, 0.25) is 0 Å². The van der Waals surface area contributed by atoms with E-state index < -0.39 is 5.63 Å². The molecule has 0 N–H and O–H groups in total. The van der Waals surface area contributed by atoms with Gasteiger partial charge >= 0.3 is 5.63 Å². The van der Waals surface area contributed by atoms with E-state index in [4.69, 9.17) is 9.15 Å². The summed E-state index contributed by atoms with van der Waals surface area (Å²) >= 11 is 4.84. The van der Waals surface area contributed by atoms with Crippen molar-refractivity contribution in [3.63, 3.8) is 0 Å². The summed E-state index contributed by atoms with van der Waals surface area (Å²) in [6.45, 7) is 0. The average molecular weight is 327 g/mol. The fourth-order valence-corrected chi connectivity index (χ4v) is 2.56. The van der Waals surface area contributed by atoms with Crippen LogP contribution in [0.3, 0.4) is 0 Å². The molecule has 2 rings (SSSR count). The van der Waals surface area contributed by atoms with Crippen molar-refractivity contribution in [2.24, 2.45) is 0 Å². The second-order valence-electron chi connectivity index (χ2n) is 3.51. The summed E-state index contributed by atoms with van der Waals surface area (Å²) in [5.41, 5.74) is 0.388. The zero-order chi connectivity index (χ0) is 13.1. The van der Waals surface area contributed by atoms with Crippen LogP contribution in [0.25, 0.3) is 11.3 Å². The molecule has 18 heavy (non-hydrogen) atoms. The first kappa shape index (κ1) is 13.2. The van der Waals surface area contributed by atoms with Gasteiger partial charge in [-0.05, 0) is 24.5 Å². The first-order valence-corrected chi connectivity index (χ1v) is 7.19. The van der Waals surface area contributed by atoms with Crippen LogP contribution in [0, 0.1) is 0 Å². The van der Waals surface area contributed by atoms with Crippen molar-refractivity contribution in [2.45, 2.75) is 4.90 Å². The molecule has 94 valence electrons. The molecule has 0 unspecified atom stereocenters. The van der Waals surface area contributed by atoms with E-state index in [0.29, 0.717) is 5.76 Å². The molecule has 0 spiro atoms. The molecule has 3 nitrogen and oxygen atoms in total. The zero-order valence-corrected chi connectivity index (χ0v) is 12.3. The lowest BCUT2D eigenvalue weighted by Gasteiger charge is -2.07. The van der Waals surface area contributed by atoms with E-state index in [1.807, 2.05) is 36.6 Å². The van der Waals surface area contributed by atoms with Gasteiger partial charge in [-0.3, -0.25) is 0 Å². The SMILES string of the molecule is COc1c(SC)cc(-c2cccc(Br)c2)oc1=O. The van der Waals surface area contributed by atoms with E-state index in [1.165, 1.54) is 18.9 Å².